The zero-order chi connectivity index (χ0) is 16.3. The molecule has 1 rings (SSSR count). The molecule has 0 unspecified atom stereocenters. The van der Waals surface area contributed by atoms with Crippen LogP contribution >= 0.6 is 0 Å². The highest BCUT2D eigenvalue weighted by Crippen LogP contribution is 2.23. The number of nitrogens with one attached hydrogen (secondary N) is 1. The van der Waals surface area contributed by atoms with Crippen LogP contribution in [0.25, 0.3) is 0 Å². The lowest BCUT2D eigenvalue weighted by molar-refractivity contribution is -0.139. The van der Waals surface area contributed by atoms with Crippen LogP contribution < -0.4 is 15.2 Å². The van der Waals surface area contributed by atoms with Gasteiger partial charge in [-0.05, 0) is 18.2 Å². The fourth-order valence-electron chi connectivity index (χ4n) is 1.22. The first-order chi connectivity index (χ1) is 9.49. The fourth-order valence-corrected chi connectivity index (χ4v) is 1.90. The summed E-state index contributed by atoms with van der Waals surface area (Å²) in [5.41, 5.74) is 0. The molecule has 0 heterocycles. The van der Waals surface area contributed by atoms with Gasteiger partial charge in [0.05, 0.1) is 0 Å². The second-order valence-electron chi connectivity index (χ2n) is 3.82. The van der Waals surface area contributed by atoms with Crippen LogP contribution in [-0.2, 0) is 14.8 Å². The van der Waals surface area contributed by atoms with E-state index in [1.807, 2.05) is 0 Å². The molecule has 0 bridgehead atoms. The average Bonchev–Trinajstić information content (AvgIpc) is 2.32. The Bertz CT molecular complexity index is 630. The lowest BCUT2D eigenvalue weighted by atomic mass is 10.3. The van der Waals surface area contributed by atoms with Crippen LogP contribution in [0, 0.1) is 5.82 Å². The summed E-state index contributed by atoms with van der Waals surface area (Å²) in [4.78, 5) is 10.4. The summed E-state index contributed by atoms with van der Waals surface area (Å²) < 4.78 is 75.6. The number of nitrogens with two attached hydrogens (primary N) is 1. The largest absolute Gasteiger partial charge is 0.482 e. The van der Waals surface area contributed by atoms with E-state index in [0.29, 0.717) is 6.07 Å². The predicted octanol–water partition coefficient (Wildman–Crippen LogP) is 0.530. The van der Waals surface area contributed by atoms with E-state index in [0.717, 1.165) is 12.1 Å². The van der Waals surface area contributed by atoms with Gasteiger partial charge >= 0.3 is 6.18 Å². The summed E-state index contributed by atoms with van der Waals surface area (Å²) in [6.45, 7) is -2.44. The van der Waals surface area contributed by atoms with Gasteiger partial charge in [-0.1, -0.05) is 0 Å². The first-order valence-electron chi connectivity index (χ1n) is 5.27. The molecule has 0 aromatic heterocycles. The summed E-state index contributed by atoms with van der Waals surface area (Å²) >= 11 is 0. The Kier molecular flexibility index (Phi) is 5.12. The third kappa shape index (κ3) is 5.95. The minimum Gasteiger partial charge on any atom is -0.482 e. The number of halogens is 4. The molecule has 0 fully saturated rings. The van der Waals surface area contributed by atoms with Crippen LogP contribution in [-0.4, -0.2) is 33.7 Å². The van der Waals surface area contributed by atoms with Gasteiger partial charge in [-0.25, -0.2) is 17.9 Å². The maximum atomic E-state index is 12.9. The summed E-state index contributed by atoms with van der Waals surface area (Å²) in [6, 6.07) is 2.31. The summed E-state index contributed by atoms with van der Waals surface area (Å²) in [7, 11) is -4.32. The zero-order valence-corrected chi connectivity index (χ0v) is 11.1. The van der Waals surface area contributed by atoms with E-state index < -0.39 is 51.7 Å². The van der Waals surface area contributed by atoms with Gasteiger partial charge in [-0.2, -0.15) is 13.2 Å². The summed E-state index contributed by atoms with van der Waals surface area (Å²) in [6.07, 6.45) is -4.59. The number of primary sulfonamides is 1. The SMILES string of the molecule is NS(=O)(=O)c1cc(F)ccc1OCC(=O)NCC(F)(F)F. The molecule has 118 valence electrons. The van der Waals surface area contributed by atoms with Crippen molar-refractivity contribution in [2.75, 3.05) is 13.2 Å². The number of alkyl halides is 3. The molecule has 0 aliphatic heterocycles. The molecule has 0 aliphatic carbocycles. The zero-order valence-electron chi connectivity index (χ0n) is 10.3. The first kappa shape index (κ1) is 17.2. The molecular weight excluding hydrogens is 320 g/mol. The Morgan fingerprint density at radius 1 is 1.33 bits per heavy atom. The van der Waals surface area contributed by atoms with Gasteiger partial charge in [0, 0.05) is 0 Å². The Labute approximate surface area is 116 Å². The highest BCUT2D eigenvalue weighted by molar-refractivity contribution is 7.89. The van der Waals surface area contributed by atoms with Crippen LogP contribution in [0.3, 0.4) is 0 Å². The quantitative estimate of drug-likeness (QED) is 0.770. The van der Waals surface area contributed by atoms with Crippen molar-refractivity contribution >= 4 is 15.9 Å². The minimum absolute atomic E-state index is 0.443. The van der Waals surface area contributed by atoms with Gasteiger partial charge in [0.1, 0.15) is 23.0 Å². The Balaban J connectivity index is 2.74. The van der Waals surface area contributed by atoms with Crippen molar-refractivity contribution in [2.45, 2.75) is 11.1 Å². The maximum Gasteiger partial charge on any atom is 0.405 e. The average molecular weight is 330 g/mol. The molecular formula is C10H10F4N2O4S. The third-order valence-electron chi connectivity index (χ3n) is 2.06. The van der Waals surface area contributed by atoms with Crippen molar-refractivity contribution in [3.63, 3.8) is 0 Å². The topological polar surface area (TPSA) is 98.5 Å². The van der Waals surface area contributed by atoms with Crippen LogP contribution in [0.4, 0.5) is 17.6 Å². The van der Waals surface area contributed by atoms with E-state index in [9.17, 15) is 30.8 Å². The van der Waals surface area contributed by atoms with E-state index >= 15 is 0 Å². The van der Waals surface area contributed by atoms with E-state index in [2.05, 4.69) is 0 Å². The number of amides is 1. The summed E-state index contributed by atoms with van der Waals surface area (Å²) in [5.74, 6) is -2.48. The van der Waals surface area contributed by atoms with E-state index in [-0.39, 0.29) is 0 Å². The molecule has 0 saturated heterocycles. The van der Waals surface area contributed by atoms with Crippen LogP contribution in [0.2, 0.25) is 0 Å². The molecule has 1 amide bonds. The van der Waals surface area contributed by atoms with E-state index in [1.54, 1.807) is 0 Å². The summed E-state index contributed by atoms with van der Waals surface area (Å²) in [5, 5.41) is 6.34. The number of hydrogen-bond acceptors (Lipinski definition) is 4. The molecule has 1 aromatic carbocycles. The van der Waals surface area contributed by atoms with E-state index in [4.69, 9.17) is 9.88 Å². The van der Waals surface area contributed by atoms with Gasteiger partial charge in [0.25, 0.3) is 5.91 Å². The van der Waals surface area contributed by atoms with E-state index in [1.165, 1.54) is 5.32 Å². The second-order valence-corrected chi connectivity index (χ2v) is 5.35. The predicted molar refractivity (Wildman–Crippen MR) is 62.3 cm³/mol. The third-order valence-corrected chi connectivity index (χ3v) is 2.99. The number of benzene rings is 1. The molecule has 11 heteroatoms. The molecule has 21 heavy (non-hydrogen) atoms. The molecule has 0 spiro atoms. The van der Waals surface area contributed by atoms with Crippen molar-refractivity contribution in [1.29, 1.82) is 0 Å². The van der Waals surface area contributed by atoms with Crippen LogP contribution in [0.15, 0.2) is 23.1 Å². The van der Waals surface area contributed by atoms with Gasteiger partial charge in [-0.3, -0.25) is 4.79 Å². The molecule has 0 saturated carbocycles. The van der Waals surface area contributed by atoms with Gasteiger partial charge in [-0.15, -0.1) is 0 Å². The molecule has 6 nitrogen and oxygen atoms in total. The maximum absolute atomic E-state index is 12.9. The minimum atomic E-state index is -4.59. The number of rotatable bonds is 5. The number of carbonyl (C=O) groups is 1. The van der Waals surface area contributed by atoms with Crippen molar-refractivity contribution in [3.05, 3.63) is 24.0 Å². The smallest absolute Gasteiger partial charge is 0.405 e. The number of hydrogen-bond donors (Lipinski definition) is 2. The Morgan fingerprint density at radius 3 is 2.48 bits per heavy atom. The van der Waals surface area contributed by atoms with Gasteiger partial charge in [0.2, 0.25) is 10.0 Å². The lowest BCUT2D eigenvalue weighted by Gasteiger charge is -2.11. The normalized spacial score (nSPS) is 12.0. The standard InChI is InChI=1S/C10H10F4N2O4S/c11-6-1-2-7(8(3-6)21(15,18)19)20-4-9(17)16-5-10(12,13)14/h1-3H,4-5H2,(H,16,17)(H2,15,18,19). The number of ether oxygens (including phenoxy) is 1. The highest BCUT2D eigenvalue weighted by Gasteiger charge is 2.27. The monoisotopic (exact) mass is 330 g/mol. The molecule has 0 atom stereocenters. The van der Waals surface area contributed by atoms with Crippen molar-refractivity contribution in [3.8, 4) is 5.75 Å². The Hall–Kier alpha value is -1.88. The first-order valence-corrected chi connectivity index (χ1v) is 6.82. The van der Waals surface area contributed by atoms with Crippen molar-refractivity contribution < 1.29 is 35.5 Å². The van der Waals surface area contributed by atoms with Crippen LogP contribution in [0.1, 0.15) is 0 Å². The second kappa shape index (κ2) is 6.26. The number of sulfonamides is 1. The molecule has 0 aliphatic rings. The highest BCUT2D eigenvalue weighted by atomic mass is 32.2. The van der Waals surface area contributed by atoms with Gasteiger partial charge < -0.3 is 10.1 Å². The lowest BCUT2D eigenvalue weighted by Crippen LogP contribution is -2.36. The molecule has 1 aromatic rings. The Morgan fingerprint density at radius 2 is 1.95 bits per heavy atom. The molecule has 3 N–H and O–H groups in total. The number of carbonyl (C=O) groups excluding carboxylic acids is 1. The van der Waals surface area contributed by atoms with Crippen molar-refractivity contribution in [1.82, 2.24) is 5.32 Å². The van der Waals surface area contributed by atoms with Gasteiger partial charge in [0.15, 0.2) is 6.61 Å². The van der Waals surface area contributed by atoms with Crippen LogP contribution in [0.5, 0.6) is 5.75 Å². The fraction of sp³-hybridized carbons (Fsp3) is 0.300. The van der Waals surface area contributed by atoms with Crippen molar-refractivity contribution in [2.24, 2.45) is 5.14 Å². The molecule has 0 radical (unpaired) electrons.